The van der Waals surface area contributed by atoms with Crippen LogP contribution in [0.4, 0.5) is 0 Å². The van der Waals surface area contributed by atoms with Gasteiger partial charge < -0.3 is 19.1 Å². The maximum absolute atomic E-state index is 12.2. The molecule has 26 heavy (non-hydrogen) atoms. The molecule has 0 spiro atoms. The van der Waals surface area contributed by atoms with Gasteiger partial charge in [0.25, 0.3) is 0 Å². The van der Waals surface area contributed by atoms with Gasteiger partial charge in [-0.05, 0) is 12.1 Å². The van der Waals surface area contributed by atoms with E-state index in [0.717, 1.165) is 5.56 Å². The molecule has 1 aromatic carbocycles. The molecule has 1 heterocycles. The minimum atomic E-state index is -0.146. The Balaban J connectivity index is 2.05. The Morgan fingerprint density at radius 1 is 1.15 bits per heavy atom. The van der Waals surface area contributed by atoms with Crippen molar-refractivity contribution in [2.45, 2.75) is 5.16 Å². The number of nitrogens with zero attached hydrogens (tertiary/aromatic N) is 5. The third-order valence-electron chi connectivity index (χ3n) is 3.80. The van der Waals surface area contributed by atoms with Gasteiger partial charge >= 0.3 is 0 Å². The van der Waals surface area contributed by atoms with E-state index in [0.29, 0.717) is 16.7 Å². The first-order valence-electron chi connectivity index (χ1n) is 7.94. The van der Waals surface area contributed by atoms with Gasteiger partial charge in [0.2, 0.25) is 11.8 Å². The molecule has 2 rings (SSSR count). The molecule has 0 aliphatic carbocycles. The Kier molecular flexibility index (Phi) is 6.62. The molecule has 0 N–H and O–H groups in total. The fourth-order valence-electron chi connectivity index (χ4n) is 2.17. The van der Waals surface area contributed by atoms with Crippen molar-refractivity contribution in [3.8, 4) is 17.1 Å². The summed E-state index contributed by atoms with van der Waals surface area (Å²) < 4.78 is 7.19. The second kappa shape index (κ2) is 8.70. The van der Waals surface area contributed by atoms with Gasteiger partial charge in [0.05, 0.1) is 25.0 Å². The van der Waals surface area contributed by atoms with Crippen molar-refractivity contribution in [1.29, 1.82) is 0 Å². The number of amides is 2. The maximum Gasteiger partial charge on any atom is 0.241 e. The molecule has 2 aromatic rings. The lowest BCUT2D eigenvalue weighted by Crippen LogP contribution is -2.38. The number of ether oxygens (including phenoxy) is 1. The lowest BCUT2D eigenvalue weighted by molar-refractivity contribution is -0.136. The molecule has 2 amide bonds. The molecular formula is C17H23N5O3S. The van der Waals surface area contributed by atoms with E-state index >= 15 is 0 Å². The third kappa shape index (κ3) is 4.54. The quantitative estimate of drug-likeness (QED) is 0.673. The van der Waals surface area contributed by atoms with Crippen molar-refractivity contribution in [2.24, 2.45) is 7.05 Å². The van der Waals surface area contributed by atoms with E-state index in [1.165, 1.54) is 21.6 Å². The second-order valence-electron chi connectivity index (χ2n) is 5.89. The van der Waals surface area contributed by atoms with Gasteiger partial charge in [-0.15, -0.1) is 10.2 Å². The van der Waals surface area contributed by atoms with Crippen molar-refractivity contribution in [3.05, 3.63) is 24.3 Å². The molecule has 9 heteroatoms. The molecule has 8 nitrogen and oxygen atoms in total. The number of carbonyl (C=O) groups excluding carboxylic acids is 2. The van der Waals surface area contributed by atoms with Crippen molar-refractivity contribution in [2.75, 3.05) is 40.6 Å². The van der Waals surface area contributed by atoms with E-state index in [4.69, 9.17) is 4.74 Å². The normalized spacial score (nSPS) is 10.5. The van der Waals surface area contributed by atoms with Crippen molar-refractivity contribution < 1.29 is 14.3 Å². The number of thioether (sulfide) groups is 1. The van der Waals surface area contributed by atoms with Crippen molar-refractivity contribution >= 4 is 23.6 Å². The van der Waals surface area contributed by atoms with E-state index in [2.05, 4.69) is 10.2 Å². The lowest BCUT2D eigenvalue weighted by Gasteiger charge is -2.18. The summed E-state index contributed by atoms with van der Waals surface area (Å²) in [6.07, 6.45) is 0. The molecule has 0 bridgehead atoms. The van der Waals surface area contributed by atoms with Gasteiger partial charge in [-0.25, -0.2) is 0 Å². The second-order valence-corrected chi connectivity index (χ2v) is 6.83. The van der Waals surface area contributed by atoms with Crippen LogP contribution in [-0.2, 0) is 16.6 Å². The molecule has 0 aliphatic rings. The monoisotopic (exact) mass is 377 g/mol. The van der Waals surface area contributed by atoms with Crippen LogP contribution in [0.3, 0.4) is 0 Å². The summed E-state index contributed by atoms with van der Waals surface area (Å²) in [5.41, 5.74) is 0.830. The van der Waals surface area contributed by atoms with Crippen LogP contribution in [0.25, 0.3) is 11.4 Å². The summed E-state index contributed by atoms with van der Waals surface area (Å²) in [7, 11) is 8.38. The zero-order valence-electron chi connectivity index (χ0n) is 15.6. The van der Waals surface area contributed by atoms with Gasteiger partial charge in [-0.1, -0.05) is 23.9 Å². The molecule has 1 aromatic heterocycles. The number of likely N-dealkylation sites (N-methyl/N-ethyl adjacent to an activating group) is 2. The maximum atomic E-state index is 12.2. The zero-order valence-corrected chi connectivity index (χ0v) is 16.4. The number of hydrogen-bond donors (Lipinski definition) is 0. The van der Waals surface area contributed by atoms with Crippen LogP contribution in [0.2, 0.25) is 0 Å². The highest BCUT2D eigenvalue weighted by Gasteiger charge is 2.18. The van der Waals surface area contributed by atoms with E-state index in [-0.39, 0.29) is 24.1 Å². The number of methoxy groups -OCH3 is 1. The summed E-state index contributed by atoms with van der Waals surface area (Å²) in [6.45, 7) is 0.0532. The molecule has 0 aliphatic heterocycles. The number of carbonyl (C=O) groups is 2. The van der Waals surface area contributed by atoms with Crippen LogP contribution in [0.1, 0.15) is 0 Å². The van der Waals surface area contributed by atoms with Gasteiger partial charge in [-0.2, -0.15) is 0 Å². The highest BCUT2D eigenvalue weighted by molar-refractivity contribution is 7.99. The summed E-state index contributed by atoms with van der Waals surface area (Å²) in [5, 5.41) is 9.00. The smallest absolute Gasteiger partial charge is 0.241 e. The van der Waals surface area contributed by atoms with Crippen molar-refractivity contribution in [1.82, 2.24) is 24.6 Å². The van der Waals surface area contributed by atoms with Crippen LogP contribution in [0.5, 0.6) is 5.75 Å². The van der Waals surface area contributed by atoms with Gasteiger partial charge in [0, 0.05) is 28.2 Å². The standard InChI is InChI=1S/C17H23N5O3S/c1-20(2)14(23)10-21(3)15(24)11-26-17-19-18-16(22(17)4)12-8-6-7-9-13(12)25-5/h6-9H,10-11H2,1-5H3. The minimum Gasteiger partial charge on any atom is -0.496 e. The zero-order chi connectivity index (χ0) is 19.3. The summed E-state index contributed by atoms with van der Waals surface area (Å²) in [4.78, 5) is 26.8. The molecule has 140 valence electrons. The average molecular weight is 377 g/mol. The molecule has 0 atom stereocenters. The first kappa shape index (κ1) is 19.8. The lowest BCUT2D eigenvalue weighted by atomic mass is 10.2. The van der Waals surface area contributed by atoms with Crippen LogP contribution in [0.15, 0.2) is 29.4 Å². The predicted octanol–water partition coefficient (Wildman–Crippen LogP) is 1.13. The van der Waals surface area contributed by atoms with Crippen LogP contribution >= 0.6 is 11.8 Å². The van der Waals surface area contributed by atoms with Crippen LogP contribution in [-0.4, -0.2) is 76.9 Å². The highest BCUT2D eigenvalue weighted by atomic mass is 32.2. The van der Waals surface area contributed by atoms with Gasteiger partial charge in [-0.3, -0.25) is 9.59 Å². The molecule has 0 radical (unpaired) electrons. The third-order valence-corrected chi connectivity index (χ3v) is 4.81. The minimum absolute atomic E-state index is 0.0532. The number of hydrogen-bond acceptors (Lipinski definition) is 6. The Morgan fingerprint density at radius 2 is 1.85 bits per heavy atom. The van der Waals surface area contributed by atoms with E-state index in [9.17, 15) is 9.59 Å². The molecule has 0 fully saturated rings. The number of aromatic nitrogens is 3. The average Bonchev–Trinajstić information content (AvgIpc) is 2.99. The van der Waals surface area contributed by atoms with E-state index < -0.39 is 0 Å². The number of para-hydroxylation sites is 1. The van der Waals surface area contributed by atoms with Crippen molar-refractivity contribution in [3.63, 3.8) is 0 Å². The Bertz CT molecular complexity index is 790. The molecule has 0 saturated carbocycles. The molecule has 0 unspecified atom stereocenters. The fraction of sp³-hybridized carbons (Fsp3) is 0.412. The first-order valence-corrected chi connectivity index (χ1v) is 8.93. The van der Waals surface area contributed by atoms with E-state index in [1.54, 1.807) is 28.3 Å². The molecular weight excluding hydrogens is 354 g/mol. The topological polar surface area (TPSA) is 80.6 Å². The Morgan fingerprint density at radius 3 is 2.50 bits per heavy atom. The summed E-state index contributed by atoms with van der Waals surface area (Å²) >= 11 is 1.28. The fourth-order valence-corrected chi connectivity index (χ4v) is 3.03. The SMILES string of the molecule is COc1ccccc1-c1nnc(SCC(=O)N(C)CC(=O)N(C)C)n1C. The Labute approximate surface area is 157 Å². The number of rotatable bonds is 7. The predicted molar refractivity (Wildman–Crippen MR) is 100 cm³/mol. The first-order chi connectivity index (χ1) is 12.3. The number of benzene rings is 1. The van der Waals surface area contributed by atoms with Gasteiger partial charge in [0.15, 0.2) is 11.0 Å². The summed E-state index contributed by atoms with van der Waals surface area (Å²) in [5.74, 6) is 1.27. The largest absolute Gasteiger partial charge is 0.496 e. The van der Waals surface area contributed by atoms with Gasteiger partial charge in [0.1, 0.15) is 5.75 Å². The van der Waals surface area contributed by atoms with Crippen LogP contribution in [0, 0.1) is 0 Å². The summed E-state index contributed by atoms with van der Waals surface area (Å²) in [6, 6.07) is 7.55. The van der Waals surface area contributed by atoms with E-state index in [1.807, 2.05) is 35.9 Å². The molecule has 0 saturated heterocycles. The van der Waals surface area contributed by atoms with Crippen LogP contribution < -0.4 is 4.74 Å². The highest BCUT2D eigenvalue weighted by Crippen LogP contribution is 2.29. The Hall–Kier alpha value is -2.55.